The first-order chi connectivity index (χ1) is 9.56. The molecule has 0 aromatic rings. The van der Waals surface area contributed by atoms with Crippen LogP contribution in [0.3, 0.4) is 0 Å². The maximum Gasteiger partial charge on any atom is 0.411 e. The molecule has 0 aliphatic heterocycles. The van der Waals surface area contributed by atoms with Crippen molar-refractivity contribution in [2.75, 3.05) is 6.54 Å². The minimum Gasteiger partial charge on any atom is -0.481 e. The summed E-state index contributed by atoms with van der Waals surface area (Å²) < 4.78 is 38.0. The molecule has 1 aliphatic carbocycles. The van der Waals surface area contributed by atoms with E-state index in [1.807, 2.05) is 19.2 Å². The Balaban J connectivity index is 2.45. The predicted molar refractivity (Wildman–Crippen MR) is 69.8 cm³/mol. The lowest BCUT2D eigenvalue weighted by molar-refractivity contribution is -0.162. The Morgan fingerprint density at radius 2 is 1.86 bits per heavy atom. The van der Waals surface area contributed by atoms with Gasteiger partial charge < -0.3 is 15.7 Å². The summed E-state index contributed by atoms with van der Waals surface area (Å²) in [5.74, 6) is -1.05. The van der Waals surface area contributed by atoms with Gasteiger partial charge in [0.15, 0.2) is 0 Å². The van der Waals surface area contributed by atoms with Crippen LogP contribution in [0.1, 0.15) is 39.5 Å². The van der Waals surface area contributed by atoms with Crippen LogP contribution < -0.4 is 10.6 Å². The monoisotopic (exact) mass is 310 g/mol. The van der Waals surface area contributed by atoms with Crippen molar-refractivity contribution in [1.29, 1.82) is 0 Å². The van der Waals surface area contributed by atoms with Gasteiger partial charge in [0.2, 0.25) is 0 Å². The molecule has 0 aromatic heterocycles. The van der Waals surface area contributed by atoms with Gasteiger partial charge in [0, 0.05) is 13.0 Å². The van der Waals surface area contributed by atoms with Crippen LogP contribution in [0, 0.1) is 11.8 Å². The molecule has 8 heteroatoms. The second-order valence-electron chi connectivity index (χ2n) is 6.01. The van der Waals surface area contributed by atoms with E-state index in [-0.39, 0.29) is 37.6 Å². The van der Waals surface area contributed by atoms with Gasteiger partial charge in [0.1, 0.15) is 5.54 Å². The summed E-state index contributed by atoms with van der Waals surface area (Å²) in [4.78, 5) is 22.3. The van der Waals surface area contributed by atoms with Crippen molar-refractivity contribution < 1.29 is 27.9 Å². The summed E-state index contributed by atoms with van der Waals surface area (Å²) in [6.07, 6.45) is -4.23. The van der Waals surface area contributed by atoms with E-state index in [9.17, 15) is 22.8 Å². The molecular formula is C13H21F3N2O3. The largest absolute Gasteiger partial charge is 0.481 e. The van der Waals surface area contributed by atoms with E-state index in [1.165, 1.54) is 0 Å². The normalized spacial score (nSPS) is 18.2. The Morgan fingerprint density at radius 1 is 1.29 bits per heavy atom. The van der Waals surface area contributed by atoms with Crippen molar-refractivity contribution in [3.8, 4) is 0 Å². The average molecular weight is 310 g/mol. The van der Waals surface area contributed by atoms with Gasteiger partial charge in [-0.2, -0.15) is 13.2 Å². The van der Waals surface area contributed by atoms with Gasteiger partial charge in [-0.3, -0.25) is 4.79 Å². The van der Waals surface area contributed by atoms with Crippen LogP contribution >= 0.6 is 0 Å². The first kappa shape index (κ1) is 17.6. The maximum absolute atomic E-state index is 12.7. The molecular weight excluding hydrogens is 289 g/mol. The number of halogens is 3. The zero-order valence-electron chi connectivity index (χ0n) is 12.1. The second kappa shape index (κ2) is 6.53. The molecule has 0 heterocycles. The molecule has 0 aromatic carbocycles. The zero-order valence-corrected chi connectivity index (χ0v) is 12.1. The maximum atomic E-state index is 12.7. The van der Waals surface area contributed by atoms with Crippen LogP contribution in [0.25, 0.3) is 0 Å². The van der Waals surface area contributed by atoms with E-state index in [0.29, 0.717) is 6.42 Å². The lowest BCUT2D eigenvalue weighted by Crippen LogP contribution is -2.52. The molecule has 1 fully saturated rings. The first-order valence-corrected chi connectivity index (χ1v) is 6.90. The van der Waals surface area contributed by atoms with E-state index < -0.39 is 23.7 Å². The summed E-state index contributed by atoms with van der Waals surface area (Å²) in [7, 11) is 0. The summed E-state index contributed by atoms with van der Waals surface area (Å²) in [5, 5.41) is 13.1. The molecule has 1 saturated carbocycles. The quantitative estimate of drug-likeness (QED) is 0.676. The van der Waals surface area contributed by atoms with Crippen LogP contribution in [-0.2, 0) is 4.79 Å². The number of alkyl halides is 3. The van der Waals surface area contributed by atoms with Crippen LogP contribution in [0.4, 0.5) is 18.0 Å². The Labute approximate surface area is 121 Å². The highest BCUT2D eigenvalue weighted by molar-refractivity contribution is 5.75. The number of carboxylic acid groups (broad SMARTS) is 1. The van der Waals surface area contributed by atoms with Gasteiger partial charge >= 0.3 is 18.2 Å². The minimum absolute atomic E-state index is 0.0459. The van der Waals surface area contributed by atoms with E-state index in [4.69, 9.17) is 5.11 Å². The Kier molecular flexibility index (Phi) is 5.47. The molecule has 0 spiro atoms. The topological polar surface area (TPSA) is 78.4 Å². The third-order valence-corrected chi connectivity index (χ3v) is 3.46. The molecule has 0 saturated heterocycles. The van der Waals surface area contributed by atoms with Gasteiger partial charge in [0.25, 0.3) is 0 Å². The smallest absolute Gasteiger partial charge is 0.411 e. The molecule has 5 nitrogen and oxygen atoms in total. The number of hydrogen-bond acceptors (Lipinski definition) is 2. The van der Waals surface area contributed by atoms with Crippen molar-refractivity contribution in [3.63, 3.8) is 0 Å². The zero-order chi connectivity index (χ0) is 16.3. The van der Waals surface area contributed by atoms with E-state index in [0.717, 1.165) is 0 Å². The van der Waals surface area contributed by atoms with E-state index in [2.05, 4.69) is 5.32 Å². The molecule has 0 unspecified atom stereocenters. The molecule has 0 bridgehead atoms. The third kappa shape index (κ3) is 5.43. The van der Waals surface area contributed by atoms with Gasteiger partial charge in [-0.05, 0) is 31.1 Å². The fourth-order valence-electron chi connectivity index (χ4n) is 2.26. The lowest BCUT2D eigenvalue weighted by Gasteiger charge is -2.22. The fraction of sp³-hybridized carbons (Fsp3) is 0.846. The summed E-state index contributed by atoms with van der Waals surface area (Å²) in [6.45, 7) is 3.87. The van der Waals surface area contributed by atoms with Crippen LogP contribution in [0.15, 0.2) is 0 Å². The van der Waals surface area contributed by atoms with Gasteiger partial charge in [-0.15, -0.1) is 0 Å². The van der Waals surface area contributed by atoms with Gasteiger partial charge in [0.05, 0.1) is 0 Å². The van der Waals surface area contributed by atoms with Crippen molar-refractivity contribution in [3.05, 3.63) is 0 Å². The van der Waals surface area contributed by atoms with E-state index >= 15 is 0 Å². The molecule has 122 valence electrons. The number of urea groups is 1. The summed E-state index contributed by atoms with van der Waals surface area (Å²) in [5.41, 5.74) is -2.10. The summed E-state index contributed by atoms with van der Waals surface area (Å²) in [6, 6.07) is -0.899. The van der Waals surface area contributed by atoms with Crippen molar-refractivity contribution in [1.82, 2.24) is 10.6 Å². The Morgan fingerprint density at radius 3 is 2.24 bits per heavy atom. The highest BCUT2D eigenvalue weighted by Gasteiger charge is 2.64. The number of aliphatic carboxylic acids is 1. The number of carbonyl (C=O) groups is 2. The van der Waals surface area contributed by atoms with E-state index in [1.54, 1.807) is 0 Å². The number of carboxylic acids is 1. The second-order valence-corrected chi connectivity index (χ2v) is 6.01. The third-order valence-electron chi connectivity index (χ3n) is 3.46. The fourth-order valence-corrected chi connectivity index (χ4v) is 2.26. The van der Waals surface area contributed by atoms with Crippen LogP contribution in [0.5, 0.6) is 0 Å². The highest BCUT2D eigenvalue weighted by Crippen LogP contribution is 2.48. The van der Waals surface area contributed by atoms with Crippen molar-refractivity contribution in [2.45, 2.75) is 51.2 Å². The number of amides is 2. The summed E-state index contributed by atoms with van der Waals surface area (Å²) >= 11 is 0. The van der Waals surface area contributed by atoms with Gasteiger partial charge in [-0.25, -0.2) is 4.79 Å². The number of rotatable bonds is 7. The van der Waals surface area contributed by atoms with Crippen LogP contribution in [-0.4, -0.2) is 35.4 Å². The van der Waals surface area contributed by atoms with Crippen molar-refractivity contribution in [2.24, 2.45) is 11.8 Å². The van der Waals surface area contributed by atoms with Gasteiger partial charge in [-0.1, -0.05) is 13.8 Å². The molecule has 1 aliphatic rings. The van der Waals surface area contributed by atoms with Crippen LogP contribution in [0.2, 0.25) is 0 Å². The average Bonchev–Trinajstić information content (AvgIpc) is 3.04. The first-order valence-electron chi connectivity index (χ1n) is 6.90. The number of carbonyl (C=O) groups excluding carboxylic acids is 1. The Hall–Kier alpha value is -1.47. The number of nitrogens with one attached hydrogen (secondary N) is 2. The Bertz CT molecular complexity index is 393. The molecule has 3 N–H and O–H groups in total. The highest BCUT2D eigenvalue weighted by atomic mass is 19.4. The predicted octanol–water partition coefficient (Wildman–Crippen LogP) is 2.52. The molecule has 0 radical (unpaired) electrons. The SMILES string of the molecule is CC(C)C[C@H](CNC(=O)NC1(C(F)(F)F)CC1)CC(=O)O. The molecule has 1 rings (SSSR count). The lowest BCUT2D eigenvalue weighted by atomic mass is 9.94. The minimum atomic E-state index is -4.46. The molecule has 21 heavy (non-hydrogen) atoms. The molecule has 2 amide bonds. The standard InChI is InChI=1S/C13H21F3N2O3/c1-8(2)5-9(6-10(19)20)7-17-11(21)18-12(3-4-12)13(14,15)16/h8-9H,3-7H2,1-2H3,(H,19,20)(H2,17,18,21)/t9-/m0/s1. The number of hydrogen-bond donors (Lipinski definition) is 3. The van der Waals surface area contributed by atoms with Crippen molar-refractivity contribution >= 4 is 12.0 Å². The molecule has 1 atom stereocenters.